The molecule has 2 rings (SSSR count). The molecule has 18 heavy (non-hydrogen) atoms. The first-order chi connectivity index (χ1) is 8.70. The Morgan fingerprint density at radius 2 is 2.06 bits per heavy atom. The van der Waals surface area contributed by atoms with Gasteiger partial charge in [0.25, 0.3) is 0 Å². The Kier molecular flexibility index (Phi) is 4.10. The molecule has 0 N–H and O–H groups in total. The molecule has 96 valence electrons. The maximum atomic E-state index is 13.2. The number of rotatable bonds is 5. The second-order valence-electron chi connectivity index (χ2n) is 4.12. The molecule has 1 heterocycles. The highest BCUT2D eigenvalue weighted by Gasteiger charge is 2.06. The summed E-state index contributed by atoms with van der Waals surface area (Å²) in [7, 11) is 1.66. The molecule has 3 nitrogen and oxygen atoms in total. The Bertz CT molecular complexity index is 537. The van der Waals surface area contributed by atoms with Gasteiger partial charge in [0.15, 0.2) is 0 Å². The molecule has 0 aliphatic carbocycles. The first-order valence-electron chi connectivity index (χ1n) is 5.89. The third-order valence-corrected chi connectivity index (χ3v) is 2.61. The number of methoxy groups -OCH3 is 1. The van der Waals surface area contributed by atoms with E-state index >= 15 is 0 Å². The quantitative estimate of drug-likeness (QED) is 0.763. The Labute approximate surface area is 106 Å². The van der Waals surface area contributed by atoms with Gasteiger partial charge in [0.2, 0.25) is 0 Å². The van der Waals surface area contributed by atoms with Gasteiger partial charge in [-0.1, -0.05) is 0 Å². The van der Waals surface area contributed by atoms with Crippen LogP contribution in [0.25, 0.3) is 10.9 Å². The van der Waals surface area contributed by atoms with Crippen LogP contribution in [0.1, 0.15) is 12.1 Å². The topological polar surface area (TPSA) is 31.4 Å². The van der Waals surface area contributed by atoms with Crippen LogP contribution in [0.5, 0.6) is 5.75 Å². The number of aromatic nitrogens is 1. The van der Waals surface area contributed by atoms with Crippen LogP contribution in [-0.2, 0) is 4.74 Å². The maximum absolute atomic E-state index is 13.2. The molecular formula is C14H16FNO2. The zero-order valence-electron chi connectivity index (χ0n) is 10.6. The number of aryl methyl sites for hydroxylation is 1. The van der Waals surface area contributed by atoms with Crippen LogP contribution < -0.4 is 4.74 Å². The second-order valence-corrected chi connectivity index (χ2v) is 4.12. The van der Waals surface area contributed by atoms with Gasteiger partial charge in [-0.25, -0.2) is 4.39 Å². The van der Waals surface area contributed by atoms with Crippen molar-refractivity contribution >= 4 is 10.9 Å². The van der Waals surface area contributed by atoms with Crippen molar-refractivity contribution in [2.75, 3.05) is 20.3 Å². The van der Waals surface area contributed by atoms with Crippen molar-refractivity contribution in [3.63, 3.8) is 0 Å². The van der Waals surface area contributed by atoms with Gasteiger partial charge >= 0.3 is 0 Å². The summed E-state index contributed by atoms with van der Waals surface area (Å²) < 4.78 is 23.8. The fourth-order valence-corrected chi connectivity index (χ4v) is 1.80. The highest BCUT2D eigenvalue weighted by atomic mass is 19.1. The molecule has 0 saturated heterocycles. The van der Waals surface area contributed by atoms with Crippen LogP contribution in [0.15, 0.2) is 24.3 Å². The fraction of sp³-hybridized carbons (Fsp3) is 0.357. The molecule has 0 aliphatic heterocycles. The Morgan fingerprint density at radius 3 is 2.83 bits per heavy atom. The van der Waals surface area contributed by atoms with Crippen LogP contribution >= 0.6 is 0 Å². The molecule has 0 saturated carbocycles. The number of hydrogen-bond donors (Lipinski definition) is 0. The minimum atomic E-state index is -0.286. The van der Waals surface area contributed by atoms with Gasteiger partial charge in [0, 0.05) is 43.4 Å². The van der Waals surface area contributed by atoms with Gasteiger partial charge in [0.05, 0.1) is 12.1 Å². The Morgan fingerprint density at radius 1 is 1.22 bits per heavy atom. The van der Waals surface area contributed by atoms with Crippen molar-refractivity contribution in [3.8, 4) is 5.75 Å². The molecule has 1 aromatic heterocycles. The maximum Gasteiger partial charge on any atom is 0.130 e. The summed E-state index contributed by atoms with van der Waals surface area (Å²) in [6.07, 6.45) is 0.820. The van der Waals surface area contributed by atoms with Crippen molar-refractivity contribution in [2.45, 2.75) is 13.3 Å². The van der Waals surface area contributed by atoms with Crippen LogP contribution in [-0.4, -0.2) is 25.3 Å². The highest BCUT2D eigenvalue weighted by Crippen LogP contribution is 2.26. The van der Waals surface area contributed by atoms with Crippen molar-refractivity contribution < 1.29 is 13.9 Å². The minimum absolute atomic E-state index is 0.286. The Balaban J connectivity index is 2.25. The van der Waals surface area contributed by atoms with Gasteiger partial charge in [-0.2, -0.15) is 0 Å². The van der Waals surface area contributed by atoms with Crippen LogP contribution in [0, 0.1) is 12.7 Å². The van der Waals surface area contributed by atoms with Gasteiger partial charge in [-0.05, 0) is 19.1 Å². The minimum Gasteiger partial charge on any atom is -0.493 e. The number of ether oxygens (including phenoxy) is 2. The lowest BCUT2D eigenvalue weighted by atomic mass is 10.2. The lowest BCUT2D eigenvalue weighted by Gasteiger charge is -2.10. The summed E-state index contributed by atoms with van der Waals surface area (Å²) in [5.74, 6) is 0.458. The summed E-state index contributed by atoms with van der Waals surface area (Å²) in [6.45, 7) is 3.10. The summed E-state index contributed by atoms with van der Waals surface area (Å²) in [5.41, 5.74) is 1.44. The van der Waals surface area contributed by atoms with Crippen molar-refractivity contribution in [1.29, 1.82) is 0 Å². The van der Waals surface area contributed by atoms with Crippen LogP contribution in [0.4, 0.5) is 4.39 Å². The smallest absolute Gasteiger partial charge is 0.130 e. The standard InChI is InChI=1S/C14H16FNO2/c1-10-8-14(18-7-3-6-17-2)12-5-4-11(15)9-13(12)16-10/h4-5,8-9H,3,6-7H2,1-2H3. The number of halogens is 1. The molecule has 0 spiro atoms. The SMILES string of the molecule is COCCCOc1cc(C)nc2cc(F)ccc12. The zero-order valence-corrected chi connectivity index (χ0v) is 10.6. The van der Waals surface area contributed by atoms with Crippen molar-refractivity contribution in [1.82, 2.24) is 4.98 Å². The molecule has 2 aromatic rings. The third-order valence-electron chi connectivity index (χ3n) is 2.61. The molecule has 0 amide bonds. The van der Waals surface area contributed by atoms with Gasteiger partial charge < -0.3 is 9.47 Å². The predicted octanol–water partition coefficient (Wildman–Crippen LogP) is 3.10. The molecule has 0 bridgehead atoms. The van der Waals surface area contributed by atoms with E-state index in [1.54, 1.807) is 13.2 Å². The van der Waals surface area contributed by atoms with Gasteiger partial charge in [-0.15, -0.1) is 0 Å². The summed E-state index contributed by atoms with van der Waals surface area (Å²) in [6, 6.07) is 6.40. The van der Waals surface area contributed by atoms with E-state index in [-0.39, 0.29) is 5.82 Å². The monoisotopic (exact) mass is 249 g/mol. The largest absolute Gasteiger partial charge is 0.493 e. The first-order valence-corrected chi connectivity index (χ1v) is 5.89. The normalized spacial score (nSPS) is 10.8. The predicted molar refractivity (Wildman–Crippen MR) is 68.4 cm³/mol. The van der Waals surface area contributed by atoms with Crippen molar-refractivity contribution in [2.24, 2.45) is 0 Å². The van der Waals surface area contributed by atoms with Crippen LogP contribution in [0.3, 0.4) is 0 Å². The first kappa shape index (κ1) is 12.8. The molecule has 0 atom stereocenters. The van der Waals surface area contributed by atoms with E-state index in [2.05, 4.69) is 4.98 Å². The molecular weight excluding hydrogens is 233 g/mol. The summed E-state index contributed by atoms with van der Waals surface area (Å²) >= 11 is 0. The Hall–Kier alpha value is -1.68. The summed E-state index contributed by atoms with van der Waals surface area (Å²) in [4.78, 5) is 4.30. The molecule has 0 unspecified atom stereocenters. The number of hydrogen-bond acceptors (Lipinski definition) is 3. The average molecular weight is 249 g/mol. The van der Waals surface area contributed by atoms with Gasteiger partial charge in [-0.3, -0.25) is 4.98 Å². The molecule has 0 radical (unpaired) electrons. The highest BCUT2D eigenvalue weighted by molar-refractivity contribution is 5.85. The molecule has 1 aromatic carbocycles. The van der Waals surface area contributed by atoms with E-state index in [1.165, 1.54) is 12.1 Å². The lowest BCUT2D eigenvalue weighted by molar-refractivity contribution is 0.172. The molecule has 0 aliphatic rings. The third kappa shape index (κ3) is 2.96. The average Bonchev–Trinajstić information content (AvgIpc) is 2.33. The second kappa shape index (κ2) is 5.78. The van der Waals surface area contributed by atoms with E-state index in [0.717, 1.165) is 23.3 Å². The lowest BCUT2D eigenvalue weighted by Crippen LogP contribution is -2.02. The number of fused-ring (bicyclic) bond motifs is 1. The van der Waals surface area contributed by atoms with E-state index < -0.39 is 0 Å². The number of nitrogens with zero attached hydrogens (tertiary/aromatic N) is 1. The van der Waals surface area contributed by atoms with Gasteiger partial charge in [0.1, 0.15) is 11.6 Å². The van der Waals surface area contributed by atoms with Crippen molar-refractivity contribution in [3.05, 3.63) is 35.8 Å². The molecule has 0 fully saturated rings. The number of benzene rings is 1. The van der Waals surface area contributed by atoms with E-state index in [4.69, 9.17) is 9.47 Å². The van der Waals surface area contributed by atoms with Crippen LogP contribution in [0.2, 0.25) is 0 Å². The summed E-state index contributed by atoms with van der Waals surface area (Å²) in [5, 5.41) is 0.833. The van der Waals surface area contributed by atoms with E-state index in [1.807, 2.05) is 13.0 Å². The number of pyridine rings is 1. The molecule has 4 heteroatoms. The zero-order chi connectivity index (χ0) is 13.0. The van der Waals surface area contributed by atoms with E-state index in [9.17, 15) is 4.39 Å². The van der Waals surface area contributed by atoms with E-state index in [0.29, 0.717) is 18.7 Å². The fourth-order valence-electron chi connectivity index (χ4n) is 1.80.